The number of hydrogen-bond donors (Lipinski definition) is 0. The highest BCUT2D eigenvalue weighted by Gasteiger charge is 2.60. The van der Waals surface area contributed by atoms with Crippen LogP contribution in [0.5, 0.6) is 0 Å². The minimum absolute atomic E-state index is 0.00227. The predicted octanol–water partition coefficient (Wildman–Crippen LogP) is 5.23. The zero-order valence-electron chi connectivity index (χ0n) is 15.6. The number of nitrogens with zero attached hydrogens (tertiary/aromatic N) is 1. The van der Waals surface area contributed by atoms with Crippen LogP contribution in [-0.4, -0.2) is 5.78 Å². The van der Waals surface area contributed by atoms with E-state index in [2.05, 4.69) is 19.9 Å². The third kappa shape index (κ3) is 2.30. The Balaban J connectivity index is 1.61. The van der Waals surface area contributed by atoms with Gasteiger partial charge in [0.05, 0.1) is 12.0 Å². The number of ketones is 1. The minimum Gasteiger partial charge on any atom is -0.300 e. The van der Waals surface area contributed by atoms with Crippen molar-refractivity contribution >= 4 is 5.78 Å². The molecule has 0 N–H and O–H groups in total. The molecule has 9 atom stereocenters. The molecule has 4 aliphatic rings. The zero-order chi connectivity index (χ0) is 17.1. The first-order chi connectivity index (χ1) is 11.5. The van der Waals surface area contributed by atoms with Crippen LogP contribution in [0.25, 0.3) is 0 Å². The number of Topliss-reactive ketones (excluding diaryl/α,β-unsaturated/α-hetero) is 1. The van der Waals surface area contributed by atoms with Gasteiger partial charge in [-0.25, -0.2) is 0 Å². The monoisotopic (exact) mass is 327 g/mol. The molecule has 2 nitrogen and oxygen atoms in total. The topological polar surface area (TPSA) is 40.9 Å². The van der Waals surface area contributed by atoms with Gasteiger partial charge >= 0.3 is 0 Å². The first-order valence-corrected chi connectivity index (χ1v) is 10.4. The predicted molar refractivity (Wildman–Crippen MR) is 94.9 cm³/mol. The molecule has 2 heteroatoms. The Kier molecular flexibility index (Phi) is 4.06. The molecular weight excluding hydrogens is 294 g/mol. The van der Waals surface area contributed by atoms with Crippen LogP contribution in [-0.2, 0) is 4.79 Å². The van der Waals surface area contributed by atoms with Crippen molar-refractivity contribution in [3.05, 3.63) is 0 Å². The number of fused-ring (bicyclic) bond motifs is 5. The van der Waals surface area contributed by atoms with Gasteiger partial charge in [0.2, 0.25) is 0 Å². The molecule has 0 saturated heterocycles. The van der Waals surface area contributed by atoms with Crippen molar-refractivity contribution in [3.63, 3.8) is 0 Å². The molecule has 0 spiro atoms. The van der Waals surface area contributed by atoms with Gasteiger partial charge in [-0.2, -0.15) is 5.26 Å². The highest BCUT2D eigenvalue weighted by atomic mass is 16.1. The summed E-state index contributed by atoms with van der Waals surface area (Å²) in [5.74, 6) is 5.38. The Morgan fingerprint density at radius 2 is 1.79 bits per heavy atom. The van der Waals surface area contributed by atoms with Gasteiger partial charge in [0, 0.05) is 5.92 Å². The zero-order valence-corrected chi connectivity index (χ0v) is 15.6. The summed E-state index contributed by atoms with van der Waals surface area (Å²) in [5.41, 5.74) is 0.0994. The van der Waals surface area contributed by atoms with Crippen molar-refractivity contribution in [2.45, 2.75) is 72.1 Å². The summed E-state index contributed by atoms with van der Waals surface area (Å²) in [6.07, 6.45) is 10.6. The Hall–Kier alpha value is -0.840. The largest absolute Gasteiger partial charge is 0.300 e. The molecule has 0 bridgehead atoms. The van der Waals surface area contributed by atoms with Crippen molar-refractivity contribution in [2.24, 2.45) is 52.8 Å². The average Bonchev–Trinajstić information content (AvgIpc) is 2.86. The Morgan fingerprint density at radius 3 is 2.50 bits per heavy atom. The first kappa shape index (κ1) is 16.6. The molecule has 0 aromatic heterocycles. The summed E-state index contributed by atoms with van der Waals surface area (Å²) >= 11 is 0. The van der Waals surface area contributed by atoms with Crippen LogP contribution in [0, 0.1) is 64.1 Å². The van der Waals surface area contributed by atoms with Crippen LogP contribution in [0.3, 0.4) is 0 Å². The van der Waals surface area contributed by atoms with E-state index in [1.54, 1.807) is 6.92 Å². The summed E-state index contributed by atoms with van der Waals surface area (Å²) in [5, 5.41) is 9.66. The standard InChI is InChI=1S/C22H33NO/c1-13-4-6-17-15(10-13)5-7-19-18(17)8-9-22(3)20(19)11-16(12-23)21(22)14(2)24/h13,15-21H,4-11H2,1-3H3/t13-,15+,16-,17-,18?,19+,20?,21-,22-/m0/s1. The fourth-order valence-corrected chi connectivity index (χ4v) is 8.01. The van der Waals surface area contributed by atoms with Crippen LogP contribution in [0.1, 0.15) is 72.1 Å². The molecule has 4 rings (SSSR count). The van der Waals surface area contributed by atoms with Crippen molar-refractivity contribution in [1.29, 1.82) is 5.26 Å². The number of carbonyl (C=O) groups excluding carboxylic acids is 1. The van der Waals surface area contributed by atoms with E-state index in [-0.39, 0.29) is 23.0 Å². The molecule has 0 aromatic rings. The van der Waals surface area contributed by atoms with Gasteiger partial charge in [-0.3, -0.25) is 4.79 Å². The van der Waals surface area contributed by atoms with Gasteiger partial charge in [0.15, 0.2) is 0 Å². The second-order valence-electron chi connectivity index (χ2n) is 9.96. The third-order valence-electron chi connectivity index (χ3n) is 8.88. The Morgan fingerprint density at radius 1 is 1.04 bits per heavy atom. The molecule has 4 saturated carbocycles. The molecule has 2 unspecified atom stereocenters. The molecule has 0 amide bonds. The van der Waals surface area contributed by atoms with Gasteiger partial charge in [-0.15, -0.1) is 0 Å². The lowest BCUT2D eigenvalue weighted by molar-refractivity contribution is -0.129. The first-order valence-electron chi connectivity index (χ1n) is 10.4. The normalized spacial score (nSPS) is 53.4. The summed E-state index contributed by atoms with van der Waals surface area (Å²) in [7, 11) is 0. The van der Waals surface area contributed by atoms with E-state index < -0.39 is 0 Å². The smallest absolute Gasteiger partial charge is 0.134 e. The van der Waals surface area contributed by atoms with Crippen LogP contribution in [0.15, 0.2) is 0 Å². The van der Waals surface area contributed by atoms with Gasteiger partial charge in [0.25, 0.3) is 0 Å². The van der Waals surface area contributed by atoms with Crippen LogP contribution in [0.2, 0.25) is 0 Å². The quantitative estimate of drug-likeness (QED) is 0.661. The molecule has 4 aliphatic carbocycles. The Bertz CT molecular complexity index is 563. The van der Waals surface area contributed by atoms with E-state index in [1.165, 1.54) is 44.9 Å². The average molecular weight is 328 g/mol. The van der Waals surface area contributed by atoms with Crippen LogP contribution < -0.4 is 0 Å². The van der Waals surface area contributed by atoms with Crippen molar-refractivity contribution in [3.8, 4) is 6.07 Å². The molecule has 132 valence electrons. The van der Waals surface area contributed by atoms with E-state index in [1.807, 2.05) is 0 Å². The fourth-order valence-electron chi connectivity index (χ4n) is 8.01. The maximum atomic E-state index is 12.3. The van der Waals surface area contributed by atoms with Gasteiger partial charge in [-0.1, -0.05) is 20.3 Å². The highest BCUT2D eigenvalue weighted by molar-refractivity contribution is 5.80. The summed E-state index contributed by atoms with van der Waals surface area (Å²) in [6.45, 7) is 6.52. The van der Waals surface area contributed by atoms with E-state index in [0.29, 0.717) is 5.92 Å². The van der Waals surface area contributed by atoms with Gasteiger partial charge in [-0.05, 0) is 92.8 Å². The van der Waals surface area contributed by atoms with Gasteiger partial charge in [0.1, 0.15) is 5.78 Å². The number of hydrogen-bond acceptors (Lipinski definition) is 2. The SMILES string of the molecule is CC(=O)[C@H]1[C@H](C#N)CC2[C@@H]3CC[C@@H]4C[C@@H](C)CC[C@@H]4C3CC[C@@]21C. The lowest BCUT2D eigenvalue weighted by Crippen LogP contribution is -2.49. The molecule has 0 aliphatic heterocycles. The molecule has 4 fully saturated rings. The van der Waals surface area contributed by atoms with Crippen LogP contribution >= 0.6 is 0 Å². The molecule has 24 heavy (non-hydrogen) atoms. The third-order valence-corrected chi connectivity index (χ3v) is 8.88. The Labute approximate surface area is 147 Å². The van der Waals surface area contributed by atoms with Crippen molar-refractivity contribution < 1.29 is 4.79 Å². The lowest BCUT2D eigenvalue weighted by Gasteiger charge is -2.56. The number of carbonyl (C=O) groups is 1. The van der Waals surface area contributed by atoms with E-state index >= 15 is 0 Å². The number of rotatable bonds is 1. The van der Waals surface area contributed by atoms with E-state index in [4.69, 9.17) is 0 Å². The van der Waals surface area contributed by atoms with Crippen LogP contribution in [0.4, 0.5) is 0 Å². The molecule has 0 aromatic carbocycles. The van der Waals surface area contributed by atoms with Gasteiger partial charge < -0.3 is 0 Å². The second kappa shape index (κ2) is 5.86. The van der Waals surface area contributed by atoms with E-state index in [0.717, 1.165) is 36.0 Å². The summed E-state index contributed by atoms with van der Waals surface area (Å²) in [4.78, 5) is 12.3. The number of nitriles is 1. The maximum absolute atomic E-state index is 12.3. The van der Waals surface area contributed by atoms with Crippen molar-refractivity contribution in [2.75, 3.05) is 0 Å². The molecule has 0 radical (unpaired) electrons. The summed E-state index contributed by atoms with van der Waals surface area (Å²) < 4.78 is 0. The minimum atomic E-state index is -0.0275. The van der Waals surface area contributed by atoms with E-state index in [9.17, 15) is 10.1 Å². The summed E-state index contributed by atoms with van der Waals surface area (Å²) in [6, 6.07) is 2.51. The fraction of sp³-hybridized carbons (Fsp3) is 0.909. The molecule has 0 heterocycles. The lowest BCUT2D eigenvalue weighted by atomic mass is 9.49. The maximum Gasteiger partial charge on any atom is 0.134 e. The highest BCUT2D eigenvalue weighted by Crippen LogP contribution is 2.65. The molecular formula is C22H33NO. The van der Waals surface area contributed by atoms with Crippen molar-refractivity contribution in [1.82, 2.24) is 0 Å². The second-order valence-corrected chi connectivity index (χ2v) is 9.96.